The molecular formula is C23H33NO4. The van der Waals surface area contributed by atoms with Gasteiger partial charge in [0.1, 0.15) is 11.3 Å². The Hall–Kier alpha value is -2.14. The predicted octanol–water partition coefficient (Wildman–Crippen LogP) is 4.87. The lowest BCUT2D eigenvalue weighted by Crippen LogP contribution is -2.44. The monoisotopic (exact) mass is 387 g/mol. The number of benzene rings is 1. The molecule has 0 atom stereocenters. The van der Waals surface area contributed by atoms with Gasteiger partial charge < -0.3 is 4.74 Å². The van der Waals surface area contributed by atoms with Crippen LogP contribution in [0.15, 0.2) is 17.9 Å². The van der Waals surface area contributed by atoms with Crippen molar-refractivity contribution in [1.29, 1.82) is 0 Å². The smallest absolute Gasteiger partial charge is 0.316 e. The normalized spacial score (nSPS) is 16.8. The van der Waals surface area contributed by atoms with Crippen LogP contribution in [-0.2, 0) is 19.2 Å². The fourth-order valence-corrected chi connectivity index (χ4v) is 3.47. The van der Waals surface area contributed by atoms with Crippen molar-refractivity contribution in [3.63, 3.8) is 0 Å². The summed E-state index contributed by atoms with van der Waals surface area (Å²) in [5.41, 5.74) is 2.70. The second-order valence-electron chi connectivity index (χ2n) is 9.11. The highest BCUT2D eigenvalue weighted by atomic mass is 16.7. The molecule has 0 bridgehead atoms. The Kier molecular flexibility index (Phi) is 6.10. The van der Waals surface area contributed by atoms with Gasteiger partial charge in [-0.15, -0.1) is 0 Å². The molecule has 1 aliphatic rings. The van der Waals surface area contributed by atoms with Crippen LogP contribution in [0.4, 0.5) is 0 Å². The van der Waals surface area contributed by atoms with E-state index in [2.05, 4.69) is 0 Å². The molecule has 1 aromatic carbocycles. The van der Waals surface area contributed by atoms with Gasteiger partial charge >= 0.3 is 5.97 Å². The van der Waals surface area contributed by atoms with Crippen LogP contribution in [0.2, 0.25) is 0 Å². The van der Waals surface area contributed by atoms with E-state index in [-0.39, 0.29) is 11.9 Å². The van der Waals surface area contributed by atoms with Crippen LogP contribution in [0.25, 0.3) is 5.57 Å². The van der Waals surface area contributed by atoms with Crippen LogP contribution >= 0.6 is 0 Å². The minimum Gasteiger partial charge on any atom is -0.427 e. The van der Waals surface area contributed by atoms with Crippen molar-refractivity contribution in [2.24, 2.45) is 5.41 Å². The molecule has 0 fully saturated rings. The quantitative estimate of drug-likeness (QED) is 0.676. The summed E-state index contributed by atoms with van der Waals surface area (Å²) in [7, 11) is 0. The summed E-state index contributed by atoms with van der Waals surface area (Å²) < 4.78 is 5.88. The molecule has 0 radical (unpaired) electrons. The first-order chi connectivity index (χ1) is 12.8. The van der Waals surface area contributed by atoms with Gasteiger partial charge in [0.2, 0.25) is 0 Å². The number of hydrogen-bond acceptors (Lipinski definition) is 4. The third-order valence-electron chi connectivity index (χ3n) is 4.85. The summed E-state index contributed by atoms with van der Waals surface area (Å²) >= 11 is 0. The molecule has 1 amide bonds. The van der Waals surface area contributed by atoms with Crippen molar-refractivity contribution in [1.82, 2.24) is 5.06 Å². The number of esters is 1. The van der Waals surface area contributed by atoms with Gasteiger partial charge in [-0.1, -0.05) is 24.6 Å². The fraction of sp³-hybridized carbons (Fsp3) is 0.565. The van der Waals surface area contributed by atoms with E-state index in [1.54, 1.807) is 20.8 Å². The van der Waals surface area contributed by atoms with Gasteiger partial charge in [0.25, 0.3) is 5.91 Å². The third-order valence-corrected chi connectivity index (χ3v) is 4.85. The number of rotatable bonds is 5. The fourth-order valence-electron chi connectivity index (χ4n) is 3.47. The Bertz CT molecular complexity index is 804. The zero-order valence-corrected chi connectivity index (χ0v) is 18.6. The highest BCUT2D eigenvalue weighted by Crippen LogP contribution is 2.43. The van der Waals surface area contributed by atoms with Crippen LogP contribution in [0.1, 0.15) is 70.2 Å². The third kappa shape index (κ3) is 4.00. The summed E-state index contributed by atoms with van der Waals surface area (Å²) in [5, 5.41) is 1.36. The van der Waals surface area contributed by atoms with Gasteiger partial charge in [-0.05, 0) is 78.5 Å². The van der Waals surface area contributed by atoms with E-state index in [0.29, 0.717) is 17.9 Å². The molecule has 2 rings (SSSR count). The van der Waals surface area contributed by atoms with Gasteiger partial charge in [0.05, 0.1) is 17.6 Å². The van der Waals surface area contributed by atoms with Crippen LogP contribution in [0.3, 0.4) is 0 Å². The molecule has 5 heteroatoms. The number of hydrogen-bond donors (Lipinski definition) is 0. The largest absolute Gasteiger partial charge is 0.427 e. The Morgan fingerprint density at radius 3 is 2.11 bits per heavy atom. The average Bonchev–Trinajstić information content (AvgIpc) is 2.71. The molecule has 5 nitrogen and oxygen atoms in total. The molecule has 1 aromatic rings. The van der Waals surface area contributed by atoms with Crippen molar-refractivity contribution in [3.8, 4) is 0 Å². The molecule has 0 saturated heterocycles. The molecule has 0 spiro atoms. The van der Waals surface area contributed by atoms with E-state index < -0.39 is 11.0 Å². The summed E-state index contributed by atoms with van der Waals surface area (Å²) in [5.74, 6) is -0.297. The first kappa shape index (κ1) is 22.2. The van der Waals surface area contributed by atoms with Gasteiger partial charge in [-0.3, -0.25) is 14.4 Å². The zero-order chi connectivity index (χ0) is 21.4. The van der Waals surface area contributed by atoms with Crippen molar-refractivity contribution in [3.05, 3.63) is 40.1 Å². The van der Waals surface area contributed by atoms with E-state index in [1.165, 1.54) is 5.06 Å². The minimum absolute atomic E-state index is 0.273. The second-order valence-corrected chi connectivity index (χ2v) is 9.11. The molecule has 1 aliphatic heterocycles. The number of aryl methyl sites for hydroxylation is 3. The maximum atomic E-state index is 13.4. The standard InChI is InChI=1S/C23H33NO4/c1-10-11-27-24-20(25)18(17-15(3)12-14(2)13-16(17)4)19(23(24,8)9)28-21(26)22(5,6)7/h12-13H,10-11H2,1-9H3. The summed E-state index contributed by atoms with van der Waals surface area (Å²) in [4.78, 5) is 31.9. The highest BCUT2D eigenvalue weighted by molar-refractivity contribution is 6.23. The number of carbonyl (C=O) groups is 2. The van der Waals surface area contributed by atoms with Crippen molar-refractivity contribution >= 4 is 17.4 Å². The van der Waals surface area contributed by atoms with Crippen LogP contribution in [0, 0.1) is 26.2 Å². The SMILES string of the molecule is CCCON1C(=O)C(c2c(C)cc(C)cc2C)=C(OC(=O)C(C)(C)C)C1(C)C. The number of carbonyl (C=O) groups excluding carboxylic acids is 2. The average molecular weight is 388 g/mol. The van der Waals surface area contributed by atoms with Crippen LogP contribution in [0.5, 0.6) is 0 Å². The van der Waals surface area contributed by atoms with Gasteiger partial charge in [0.15, 0.2) is 0 Å². The van der Waals surface area contributed by atoms with Crippen molar-refractivity contribution < 1.29 is 19.2 Å². The molecular weight excluding hydrogens is 354 g/mol. The molecule has 0 aromatic heterocycles. The van der Waals surface area contributed by atoms with Crippen molar-refractivity contribution in [2.75, 3.05) is 6.61 Å². The zero-order valence-electron chi connectivity index (χ0n) is 18.6. The highest BCUT2D eigenvalue weighted by Gasteiger charge is 2.50. The van der Waals surface area contributed by atoms with E-state index in [4.69, 9.17) is 9.57 Å². The maximum absolute atomic E-state index is 13.4. The Balaban J connectivity index is 2.71. The lowest BCUT2D eigenvalue weighted by Gasteiger charge is -2.32. The molecule has 1 heterocycles. The molecule has 0 aliphatic carbocycles. The Labute approximate surface area is 168 Å². The summed E-state index contributed by atoms with van der Waals surface area (Å²) in [6.07, 6.45) is 0.773. The van der Waals surface area contributed by atoms with Gasteiger partial charge in [0, 0.05) is 0 Å². The van der Waals surface area contributed by atoms with E-state index in [1.807, 2.05) is 53.7 Å². The van der Waals surface area contributed by atoms with Crippen LogP contribution in [-0.4, -0.2) is 29.1 Å². The number of amides is 1. The lowest BCUT2D eigenvalue weighted by atomic mass is 9.91. The molecule has 0 saturated carbocycles. The summed E-state index contributed by atoms with van der Waals surface area (Å²) in [6, 6.07) is 4.07. The molecule has 0 unspecified atom stereocenters. The van der Waals surface area contributed by atoms with Crippen LogP contribution < -0.4 is 0 Å². The van der Waals surface area contributed by atoms with E-state index >= 15 is 0 Å². The number of hydroxylamine groups is 2. The second kappa shape index (κ2) is 7.70. The van der Waals surface area contributed by atoms with Crippen molar-refractivity contribution in [2.45, 2.75) is 74.3 Å². The lowest BCUT2D eigenvalue weighted by molar-refractivity contribution is -0.205. The van der Waals surface area contributed by atoms with Gasteiger partial charge in [-0.25, -0.2) is 5.06 Å². The molecule has 0 N–H and O–H groups in total. The minimum atomic E-state index is -0.897. The predicted molar refractivity (Wildman–Crippen MR) is 110 cm³/mol. The topological polar surface area (TPSA) is 55.8 Å². The maximum Gasteiger partial charge on any atom is 0.316 e. The molecule has 28 heavy (non-hydrogen) atoms. The number of nitrogens with zero attached hydrogens (tertiary/aromatic N) is 1. The first-order valence-corrected chi connectivity index (χ1v) is 9.85. The first-order valence-electron chi connectivity index (χ1n) is 9.85. The Morgan fingerprint density at radius 2 is 1.64 bits per heavy atom. The Morgan fingerprint density at radius 1 is 1.11 bits per heavy atom. The van der Waals surface area contributed by atoms with Gasteiger partial charge in [-0.2, -0.15) is 0 Å². The summed E-state index contributed by atoms with van der Waals surface area (Å²) in [6.45, 7) is 17.5. The number of ether oxygens (including phenoxy) is 1. The van der Waals surface area contributed by atoms with E-state index in [9.17, 15) is 9.59 Å². The van der Waals surface area contributed by atoms with E-state index in [0.717, 1.165) is 28.7 Å². The molecule has 154 valence electrons.